The van der Waals surface area contributed by atoms with Crippen LogP contribution < -0.4 is 14.8 Å². The Hall–Kier alpha value is -2.34. The van der Waals surface area contributed by atoms with E-state index in [9.17, 15) is 9.18 Å². The third-order valence-electron chi connectivity index (χ3n) is 3.10. The van der Waals surface area contributed by atoms with Gasteiger partial charge in [-0.15, -0.1) is 0 Å². The van der Waals surface area contributed by atoms with E-state index in [0.717, 1.165) is 5.56 Å². The molecule has 0 radical (unpaired) electrons. The number of hydrogen-bond donors (Lipinski definition) is 1. The van der Waals surface area contributed by atoms with E-state index in [1.165, 1.54) is 24.3 Å². The number of ether oxygens (including phenoxy) is 2. The van der Waals surface area contributed by atoms with Crippen LogP contribution in [0.15, 0.2) is 46.9 Å². The average molecular weight is 394 g/mol. The topological polar surface area (TPSA) is 47.6 Å². The number of carbonyl (C=O) groups excluding carboxylic acids is 1. The van der Waals surface area contributed by atoms with E-state index in [2.05, 4.69) is 21.2 Å². The lowest BCUT2D eigenvalue weighted by Crippen LogP contribution is -2.08. The first-order valence-electron chi connectivity index (χ1n) is 7.28. The van der Waals surface area contributed by atoms with E-state index < -0.39 is 0 Å². The Balaban J connectivity index is 2.08. The van der Waals surface area contributed by atoms with Crippen LogP contribution in [0, 0.1) is 5.82 Å². The highest BCUT2D eigenvalue weighted by molar-refractivity contribution is 9.10. The highest BCUT2D eigenvalue weighted by atomic mass is 79.9. The van der Waals surface area contributed by atoms with Gasteiger partial charge in [-0.25, -0.2) is 4.39 Å². The molecule has 0 saturated carbocycles. The molecular weight excluding hydrogens is 377 g/mol. The van der Waals surface area contributed by atoms with Crippen molar-refractivity contribution >= 4 is 33.6 Å². The summed E-state index contributed by atoms with van der Waals surface area (Å²) in [4.78, 5) is 12.0. The van der Waals surface area contributed by atoms with Crippen molar-refractivity contribution in [1.29, 1.82) is 0 Å². The fraction of sp³-hybridized carbons (Fsp3) is 0.167. The maximum atomic E-state index is 13.0. The maximum Gasteiger partial charge on any atom is 0.248 e. The van der Waals surface area contributed by atoms with E-state index in [4.69, 9.17) is 9.47 Å². The van der Waals surface area contributed by atoms with Crippen LogP contribution in [0.5, 0.6) is 11.5 Å². The van der Waals surface area contributed by atoms with Crippen LogP contribution in [0.4, 0.5) is 10.1 Å². The predicted octanol–water partition coefficient (Wildman–Crippen LogP) is 4.65. The minimum atomic E-state index is -0.378. The van der Waals surface area contributed by atoms with E-state index in [1.807, 2.05) is 13.0 Å². The second kappa shape index (κ2) is 8.49. The van der Waals surface area contributed by atoms with Gasteiger partial charge >= 0.3 is 0 Å². The molecule has 0 saturated heterocycles. The van der Waals surface area contributed by atoms with E-state index in [-0.39, 0.29) is 11.7 Å². The highest BCUT2D eigenvalue weighted by Crippen LogP contribution is 2.28. The molecule has 0 aromatic heterocycles. The molecule has 6 heteroatoms. The lowest BCUT2D eigenvalue weighted by molar-refractivity contribution is -0.111. The van der Waals surface area contributed by atoms with Crippen LogP contribution in [0.25, 0.3) is 6.08 Å². The maximum absolute atomic E-state index is 13.0. The molecule has 0 unspecified atom stereocenters. The molecule has 2 aromatic carbocycles. The molecule has 0 fully saturated rings. The number of hydrogen-bond acceptors (Lipinski definition) is 3. The quantitative estimate of drug-likeness (QED) is 0.726. The van der Waals surface area contributed by atoms with Crippen LogP contribution in [0.2, 0.25) is 0 Å². The summed E-state index contributed by atoms with van der Waals surface area (Å²) in [5, 5.41) is 2.67. The van der Waals surface area contributed by atoms with Crippen LogP contribution in [-0.2, 0) is 4.79 Å². The smallest absolute Gasteiger partial charge is 0.248 e. The first-order valence-corrected chi connectivity index (χ1v) is 8.07. The number of amides is 1. The Morgan fingerprint density at radius 2 is 2.04 bits per heavy atom. The molecule has 1 amide bonds. The summed E-state index contributed by atoms with van der Waals surface area (Å²) < 4.78 is 24.2. The zero-order chi connectivity index (χ0) is 17.5. The van der Waals surface area contributed by atoms with Gasteiger partial charge in [-0.2, -0.15) is 0 Å². The number of methoxy groups -OCH3 is 1. The van der Waals surface area contributed by atoms with Crippen LogP contribution in [0.3, 0.4) is 0 Å². The minimum Gasteiger partial charge on any atom is -0.493 e. The second-order valence-electron chi connectivity index (χ2n) is 4.79. The molecule has 0 aliphatic rings. The Bertz CT molecular complexity index is 762. The molecule has 126 valence electrons. The molecule has 0 bridgehead atoms. The summed E-state index contributed by atoms with van der Waals surface area (Å²) in [6, 6.07) is 9.45. The summed E-state index contributed by atoms with van der Waals surface area (Å²) in [5.41, 5.74) is 1.29. The van der Waals surface area contributed by atoms with Crippen molar-refractivity contribution in [2.45, 2.75) is 6.92 Å². The largest absolute Gasteiger partial charge is 0.493 e. The number of benzene rings is 2. The van der Waals surface area contributed by atoms with Gasteiger partial charge in [-0.1, -0.05) is 6.07 Å². The Kier molecular flexibility index (Phi) is 6.37. The summed E-state index contributed by atoms with van der Waals surface area (Å²) in [6.07, 6.45) is 3.05. The number of halogens is 2. The van der Waals surface area contributed by atoms with Crippen molar-refractivity contribution in [3.05, 3.63) is 58.3 Å². The first-order chi connectivity index (χ1) is 11.5. The number of carbonyl (C=O) groups is 1. The lowest BCUT2D eigenvalue weighted by Gasteiger charge is -2.09. The van der Waals surface area contributed by atoms with Crippen LogP contribution in [-0.4, -0.2) is 19.6 Å². The van der Waals surface area contributed by atoms with Gasteiger partial charge in [0.1, 0.15) is 5.82 Å². The standard InChI is InChI=1S/C18H17BrFNO3/c1-3-24-16-8-4-12(10-17(16)23-2)5-9-18(22)21-15-7-6-13(20)11-14(15)19/h4-11H,3H2,1-2H3,(H,21,22). The van der Waals surface area contributed by atoms with Gasteiger partial charge in [-0.05, 0) is 64.8 Å². The first kappa shape index (κ1) is 18.0. The molecular formula is C18H17BrFNO3. The van der Waals surface area contributed by atoms with Gasteiger partial charge in [0.2, 0.25) is 5.91 Å². The van der Waals surface area contributed by atoms with Gasteiger partial charge in [-0.3, -0.25) is 4.79 Å². The number of nitrogens with one attached hydrogen (secondary N) is 1. The summed E-state index contributed by atoms with van der Waals surface area (Å²) in [5.74, 6) is 0.546. The van der Waals surface area contributed by atoms with Crippen molar-refractivity contribution in [2.24, 2.45) is 0 Å². The van der Waals surface area contributed by atoms with Crippen molar-refractivity contribution in [2.75, 3.05) is 19.0 Å². The lowest BCUT2D eigenvalue weighted by atomic mass is 10.2. The SMILES string of the molecule is CCOc1ccc(C=CC(=O)Nc2ccc(F)cc2Br)cc1OC. The molecule has 0 heterocycles. The van der Waals surface area contributed by atoms with Crippen molar-refractivity contribution in [3.8, 4) is 11.5 Å². The minimum absolute atomic E-state index is 0.324. The molecule has 0 aliphatic carbocycles. The van der Waals surface area contributed by atoms with Crippen LogP contribution >= 0.6 is 15.9 Å². The molecule has 0 atom stereocenters. The zero-order valence-electron chi connectivity index (χ0n) is 13.3. The van der Waals surface area contributed by atoms with Crippen molar-refractivity contribution in [1.82, 2.24) is 0 Å². The molecule has 0 spiro atoms. The van der Waals surface area contributed by atoms with E-state index in [0.29, 0.717) is 28.3 Å². The van der Waals surface area contributed by atoms with Crippen molar-refractivity contribution < 1.29 is 18.7 Å². The molecule has 24 heavy (non-hydrogen) atoms. The Morgan fingerprint density at radius 1 is 1.25 bits per heavy atom. The van der Waals surface area contributed by atoms with E-state index >= 15 is 0 Å². The Morgan fingerprint density at radius 3 is 2.71 bits per heavy atom. The summed E-state index contributed by atoms with van der Waals surface area (Å²) >= 11 is 3.20. The molecule has 1 N–H and O–H groups in total. The summed E-state index contributed by atoms with van der Waals surface area (Å²) in [7, 11) is 1.56. The highest BCUT2D eigenvalue weighted by Gasteiger charge is 2.06. The van der Waals surface area contributed by atoms with Gasteiger partial charge < -0.3 is 14.8 Å². The average Bonchev–Trinajstić information content (AvgIpc) is 2.56. The summed E-state index contributed by atoms with van der Waals surface area (Å²) in [6.45, 7) is 2.44. The fourth-order valence-corrected chi connectivity index (χ4v) is 2.45. The van der Waals surface area contributed by atoms with Gasteiger partial charge in [0, 0.05) is 10.5 Å². The third kappa shape index (κ3) is 4.83. The van der Waals surface area contributed by atoms with Gasteiger partial charge in [0.25, 0.3) is 0 Å². The normalized spacial score (nSPS) is 10.7. The van der Waals surface area contributed by atoms with Crippen LogP contribution in [0.1, 0.15) is 12.5 Å². The van der Waals surface area contributed by atoms with Crippen molar-refractivity contribution in [3.63, 3.8) is 0 Å². The van der Waals surface area contributed by atoms with Gasteiger partial charge in [0.05, 0.1) is 19.4 Å². The fourth-order valence-electron chi connectivity index (χ4n) is 2.00. The van der Waals surface area contributed by atoms with Gasteiger partial charge in [0.15, 0.2) is 11.5 Å². The second-order valence-corrected chi connectivity index (χ2v) is 5.64. The number of anilines is 1. The Labute approximate surface area is 148 Å². The van der Waals surface area contributed by atoms with E-state index in [1.54, 1.807) is 25.3 Å². The monoisotopic (exact) mass is 393 g/mol. The predicted molar refractivity (Wildman–Crippen MR) is 95.9 cm³/mol. The molecule has 2 rings (SSSR count). The zero-order valence-corrected chi connectivity index (χ0v) is 14.9. The number of rotatable bonds is 6. The molecule has 4 nitrogen and oxygen atoms in total. The molecule has 2 aromatic rings. The third-order valence-corrected chi connectivity index (χ3v) is 3.76. The molecule has 0 aliphatic heterocycles.